The number of fused-ring (bicyclic) bond motifs is 1. The molecule has 1 saturated carbocycles. The number of hydrogen-bond donors (Lipinski definition) is 4. The molecule has 0 radical (unpaired) electrons. The molecule has 1 aliphatic carbocycles. The Kier molecular flexibility index (Phi) is 8.02. The second-order valence-electron chi connectivity index (χ2n) is 10.8. The third kappa shape index (κ3) is 6.53. The highest BCUT2D eigenvalue weighted by Crippen LogP contribution is 2.39. The van der Waals surface area contributed by atoms with Crippen molar-refractivity contribution >= 4 is 40.2 Å². The van der Waals surface area contributed by atoms with E-state index < -0.39 is 29.8 Å². The fourth-order valence-corrected chi connectivity index (χ4v) is 5.39. The van der Waals surface area contributed by atoms with E-state index >= 15 is 0 Å². The van der Waals surface area contributed by atoms with Gasteiger partial charge in [0.25, 0.3) is 5.91 Å². The summed E-state index contributed by atoms with van der Waals surface area (Å²) < 4.78 is 48.7. The van der Waals surface area contributed by atoms with Gasteiger partial charge in [0.2, 0.25) is 5.91 Å². The molecule has 1 unspecified atom stereocenters. The van der Waals surface area contributed by atoms with Crippen LogP contribution >= 0.6 is 0 Å². The Hall–Kier alpha value is -5.17. The summed E-state index contributed by atoms with van der Waals surface area (Å²) in [6.45, 7) is 0.400. The number of nitrogens with zero attached hydrogens (tertiary/aromatic N) is 2. The smallest absolute Gasteiger partial charge is 0.416 e. The van der Waals surface area contributed by atoms with Gasteiger partial charge in [0.15, 0.2) is 0 Å². The molecule has 0 bridgehead atoms. The van der Waals surface area contributed by atoms with Crippen molar-refractivity contribution in [2.75, 3.05) is 30.3 Å². The number of carbonyl (C=O) groups excluding carboxylic acids is 2. The molecule has 3 amide bonds. The molecule has 2 heterocycles. The fraction of sp³-hybridized carbons (Fsp3) is 0.250. The predicted octanol–water partition coefficient (Wildman–Crippen LogP) is 6.27. The summed E-state index contributed by atoms with van der Waals surface area (Å²) in [6, 6.07) is 15.6. The maximum Gasteiger partial charge on any atom is 0.416 e. The minimum atomic E-state index is -4.79. The van der Waals surface area contributed by atoms with Crippen molar-refractivity contribution in [3.05, 3.63) is 89.6 Å². The van der Waals surface area contributed by atoms with E-state index in [1.165, 1.54) is 18.3 Å². The van der Waals surface area contributed by atoms with Gasteiger partial charge >= 0.3 is 12.3 Å². The van der Waals surface area contributed by atoms with Crippen LogP contribution in [0.5, 0.6) is 11.5 Å². The number of anilines is 2. The summed E-state index contributed by atoms with van der Waals surface area (Å²) >= 11 is 0. The van der Waals surface area contributed by atoms with E-state index in [9.17, 15) is 32.7 Å². The Bertz CT molecular complexity index is 1790. The number of amides is 3. The lowest BCUT2D eigenvalue weighted by Crippen LogP contribution is -2.48. The summed E-state index contributed by atoms with van der Waals surface area (Å²) in [6.07, 6.45) is -2.89. The van der Waals surface area contributed by atoms with Crippen molar-refractivity contribution in [1.29, 1.82) is 0 Å². The molecule has 1 aliphatic heterocycles. The Morgan fingerprint density at radius 2 is 1.76 bits per heavy atom. The first-order valence-electron chi connectivity index (χ1n) is 14.3. The molecule has 4 aromatic rings. The van der Waals surface area contributed by atoms with Gasteiger partial charge in [-0.2, -0.15) is 13.2 Å². The van der Waals surface area contributed by atoms with Crippen LogP contribution in [0.1, 0.15) is 40.4 Å². The standard InChI is InChI=1S/C32H28F3N5O5/c33-32(34,35)25-15-19(9-10-24(25)26-17-36-13-14-40(26)31(43)44)38-30(42)23-5-1-4-22-21(23)3-2-6-27(22)45-20-11-12-37-28(16-20)39-29(41)18-7-8-18/h1-6,9-12,15-16,18,26,36H,7-8,13-14,17H2,(H,38,42)(H,43,44)(H,37,39,41). The molecule has 2 aliphatic rings. The first-order chi connectivity index (χ1) is 21.6. The molecule has 0 spiro atoms. The van der Waals surface area contributed by atoms with Crippen molar-refractivity contribution in [3.63, 3.8) is 0 Å². The molecule has 3 aromatic carbocycles. The van der Waals surface area contributed by atoms with Crippen molar-refractivity contribution in [2.24, 2.45) is 5.92 Å². The van der Waals surface area contributed by atoms with Gasteiger partial charge in [-0.1, -0.05) is 30.3 Å². The van der Waals surface area contributed by atoms with Gasteiger partial charge in [-0.3, -0.25) is 14.5 Å². The normalized spacial score (nSPS) is 16.7. The molecular weight excluding hydrogens is 591 g/mol. The number of rotatable bonds is 7. The number of alkyl halides is 3. The molecule has 45 heavy (non-hydrogen) atoms. The fourth-order valence-electron chi connectivity index (χ4n) is 5.39. The number of halogens is 3. The molecular formula is C32H28F3N5O5. The largest absolute Gasteiger partial charge is 0.465 e. The number of piperazine rings is 1. The van der Waals surface area contributed by atoms with Gasteiger partial charge in [0, 0.05) is 54.5 Å². The van der Waals surface area contributed by atoms with Crippen LogP contribution in [0.3, 0.4) is 0 Å². The number of ether oxygens (including phenoxy) is 1. The van der Waals surface area contributed by atoms with Gasteiger partial charge < -0.3 is 25.8 Å². The maximum absolute atomic E-state index is 14.2. The lowest BCUT2D eigenvalue weighted by molar-refractivity contribution is -0.138. The van der Waals surface area contributed by atoms with Crippen molar-refractivity contribution in [2.45, 2.75) is 25.1 Å². The number of aromatic nitrogens is 1. The number of hydrogen-bond acceptors (Lipinski definition) is 6. The Morgan fingerprint density at radius 1 is 0.978 bits per heavy atom. The average Bonchev–Trinajstić information content (AvgIpc) is 3.87. The quantitative estimate of drug-likeness (QED) is 0.192. The van der Waals surface area contributed by atoms with Crippen molar-refractivity contribution in [1.82, 2.24) is 15.2 Å². The minimum Gasteiger partial charge on any atom is -0.465 e. The van der Waals surface area contributed by atoms with Crippen LogP contribution in [0, 0.1) is 5.92 Å². The van der Waals surface area contributed by atoms with Crippen LogP contribution in [0.2, 0.25) is 0 Å². The summed E-state index contributed by atoms with van der Waals surface area (Å²) in [5.74, 6) is 0.455. The van der Waals surface area contributed by atoms with Crippen molar-refractivity contribution < 1.29 is 37.4 Å². The van der Waals surface area contributed by atoms with Gasteiger partial charge in [-0.25, -0.2) is 9.78 Å². The van der Waals surface area contributed by atoms with Crippen LogP contribution in [-0.2, 0) is 11.0 Å². The molecule has 10 nitrogen and oxygen atoms in total. The van der Waals surface area contributed by atoms with Crippen molar-refractivity contribution in [3.8, 4) is 11.5 Å². The highest BCUT2D eigenvalue weighted by Gasteiger charge is 2.39. The number of carbonyl (C=O) groups is 3. The van der Waals surface area contributed by atoms with Gasteiger partial charge in [-0.15, -0.1) is 0 Å². The molecule has 4 N–H and O–H groups in total. The highest BCUT2D eigenvalue weighted by molar-refractivity contribution is 6.13. The molecule has 1 aromatic heterocycles. The van der Waals surface area contributed by atoms with E-state index in [2.05, 4.69) is 20.9 Å². The van der Waals surface area contributed by atoms with E-state index in [0.29, 0.717) is 34.6 Å². The van der Waals surface area contributed by atoms with E-state index in [1.807, 2.05) is 0 Å². The zero-order chi connectivity index (χ0) is 31.7. The first kappa shape index (κ1) is 29.9. The van der Waals surface area contributed by atoms with E-state index in [4.69, 9.17) is 4.74 Å². The first-order valence-corrected chi connectivity index (χ1v) is 14.3. The van der Waals surface area contributed by atoms with Crippen LogP contribution in [-0.4, -0.2) is 52.5 Å². The van der Waals surface area contributed by atoms with Crippen LogP contribution < -0.4 is 20.7 Å². The SMILES string of the molecule is O=C(Nc1ccc(C2CNCCN2C(=O)O)c(C(F)(F)F)c1)c1cccc2c(Oc3ccnc(NC(=O)C4CC4)c3)cccc12. The monoisotopic (exact) mass is 619 g/mol. The highest BCUT2D eigenvalue weighted by atomic mass is 19.4. The maximum atomic E-state index is 14.2. The summed E-state index contributed by atoms with van der Waals surface area (Å²) in [4.78, 5) is 42.4. The van der Waals surface area contributed by atoms with E-state index in [1.54, 1.807) is 48.5 Å². The van der Waals surface area contributed by atoms with Gasteiger partial charge in [0.1, 0.15) is 17.3 Å². The van der Waals surface area contributed by atoms with E-state index in [0.717, 1.165) is 23.8 Å². The molecule has 13 heteroatoms. The zero-order valence-electron chi connectivity index (χ0n) is 23.7. The van der Waals surface area contributed by atoms with Crippen LogP contribution in [0.15, 0.2) is 72.9 Å². The minimum absolute atomic E-state index is 0.00786. The second kappa shape index (κ2) is 12.1. The van der Waals surface area contributed by atoms with Gasteiger partial charge in [-0.05, 0) is 54.1 Å². The lowest BCUT2D eigenvalue weighted by atomic mass is 9.96. The predicted molar refractivity (Wildman–Crippen MR) is 159 cm³/mol. The third-order valence-electron chi connectivity index (χ3n) is 7.75. The number of pyridine rings is 1. The zero-order valence-corrected chi connectivity index (χ0v) is 23.7. The Labute approximate surface area is 255 Å². The third-order valence-corrected chi connectivity index (χ3v) is 7.75. The topological polar surface area (TPSA) is 133 Å². The Morgan fingerprint density at radius 3 is 2.51 bits per heavy atom. The summed E-state index contributed by atoms with van der Waals surface area (Å²) in [5.41, 5.74) is -1.12. The average molecular weight is 620 g/mol. The molecule has 1 atom stereocenters. The second-order valence-corrected chi connectivity index (χ2v) is 10.8. The van der Waals surface area contributed by atoms with Crippen LogP contribution in [0.4, 0.5) is 29.5 Å². The number of benzene rings is 3. The molecule has 232 valence electrons. The molecule has 2 fully saturated rings. The van der Waals surface area contributed by atoms with E-state index in [-0.39, 0.29) is 41.7 Å². The summed E-state index contributed by atoms with van der Waals surface area (Å²) in [7, 11) is 0. The molecule has 1 saturated heterocycles. The van der Waals surface area contributed by atoms with Gasteiger partial charge in [0.05, 0.1) is 11.6 Å². The number of nitrogens with one attached hydrogen (secondary N) is 3. The lowest BCUT2D eigenvalue weighted by Gasteiger charge is -2.35. The van der Waals surface area contributed by atoms with Crippen LogP contribution in [0.25, 0.3) is 10.8 Å². The Balaban J connectivity index is 1.25. The molecule has 6 rings (SSSR count). The number of carboxylic acid groups (broad SMARTS) is 1. The summed E-state index contributed by atoms with van der Waals surface area (Å²) in [5, 5.41) is 18.9.